The number of para-hydroxylation sites is 1. The highest BCUT2D eigenvalue weighted by Gasteiger charge is 2.48. The highest BCUT2D eigenvalue weighted by Crippen LogP contribution is 2.26. The molecule has 2 aromatic carbocycles. The molecule has 0 spiro atoms. The van der Waals surface area contributed by atoms with Gasteiger partial charge in [0.1, 0.15) is 18.6 Å². The fourth-order valence-corrected chi connectivity index (χ4v) is 5.71. The molecule has 4 unspecified atom stereocenters. The number of urea groups is 1. The van der Waals surface area contributed by atoms with Crippen molar-refractivity contribution < 1.29 is 42.9 Å². The van der Waals surface area contributed by atoms with Crippen LogP contribution >= 0.6 is 11.6 Å². The summed E-state index contributed by atoms with van der Waals surface area (Å²) in [7, 11) is 1.55. The van der Waals surface area contributed by atoms with Crippen LogP contribution in [0, 0.1) is 0 Å². The minimum atomic E-state index is -1.36. The number of anilines is 1. The van der Waals surface area contributed by atoms with E-state index < -0.39 is 59.8 Å². The Morgan fingerprint density at radius 2 is 1.55 bits per heavy atom. The molecule has 4 amide bonds. The van der Waals surface area contributed by atoms with E-state index in [1.807, 2.05) is 6.07 Å². The van der Waals surface area contributed by atoms with Crippen molar-refractivity contribution in [1.29, 1.82) is 0 Å². The number of nitrogens with one attached hydrogen (secondary N) is 2. The van der Waals surface area contributed by atoms with Crippen molar-refractivity contribution in [3.63, 3.8) is 0 Å². The number of nitrogens with zero attached hydrogens (tertiary/aromatic N) is 1. The molecule has 1 fully saturated rings. The molecule has 3 rings (SSSR count). The van der Waals surface area contributed by atoms with Crippen molar-refractivity contribution in [1.82, 2.24) is 10.2 Å². The molecule has 0 bridgehead atoms. The molecule has 0 aromatic heterocycles. The van der Waals surface area contributed by atoms with Gasteiger partial charge in [-0.2, -0.15) is 0 Å². The number of rotatable bonds is 24. The van der Waals surface area contributed by atoms with Gasteiger partial charge in [0, 0.05) is 18.4 Å². The molecule has 2 N–H and O–H groups in total. The smallest absolute Gasteiger partial charge is 0.327 e. The lowest BCUT2D eigenvalue weighted by Gasteiger charge is -2.29. The molecule has 0 radical (unpaired) electrons. The average molecular weight is 702 g/mol. The lowest BCUT2D eigenvalue weighted by Crippen LogP contribution is -2.51. The third kappa shape index (κ3) is 13.5. The Balaban J connectivity index is 1.70. The molecule has 49 heavy (non-hydrogen) atoms. The van der Waals surface area contributed by atoms with Crippen LogP contribution in [0.15, 0.2) is 60.7 Å². The normalized spacial score (nSPS) is 16.1. The highest BCUT2D eigenvalue weighted by atomic mass is 35.5. The molecule has 12 nitrogen and oxygen atoms in total. The van der Waals surface area contributed by atoms with Gasteiger partial charge in [0.25, 0.3) is 5.91 Å². The number of amides is 4. The second-order valence-corrected chi connectivity index (χ2v) is 12.2. The quantitative estimate of drug-likeness (QED) is 0.0362. The number of benzene rings is 2. The third-order valence-electron chi connectivity index (χ3n) is 7.88. The van der Waals surface area contributed by atoms with Gasteiger partial charge in [0.2, 0.25) is 12.1 Å². The summed E-state index contributed by atoms with van der Waals surface area (Å²) in [5.74, 6) is -2.45. The number of methoxy groups -OCH3 is 1. The Morgan fingerprint density at radius 3 is 2.24 bits per heavy atom. The zero-order valence-electron chi connectivity index (χ0n) is 28.3. The molecule has 0 saturated carbocycles. The third-order valence-corrected chi connectivity index (χ3v) is 8.34. The number of hydrogen-bond donors (Lipinski definition) is 2. The SMILES string of the molecule is CCCCCCCC(CCC(Cl)C(C(=O)c1ccccc1)N1C(=O)NC(OCCOCCOC)C1=O)OC(=O)CC(=O)Nc1ccccc1. The van der Waals surface area contributed by atoms with Crippen molar-refractivity contribution >= 4 is 46.9 Å². The van der Waals surface area contributed by atoms with Crippen LogP contribution < -0.4 is 10.6 Å². The number of esters is 1. The number of hydrogen-bond acceptors (Lipinski definition) is 9. The summed E-state index contributed by atoms with van der Waals surface area (Å²) in [6, 6.07) is 14.9. The Hall–Kier alpha value is -3.84. The van der Waals surface area contributed by atoms with Crippen LogP contribution in [-0.2, 0) is 33.3 Å². The maximum absolute atomic E-state index is 13.8. The molecular weight excluding hydrogens is 654 g/mol. The molecule has 13 heteroatoms. The number of carbonyl (C=O) groups excluding carboxylic acids is 5. The van der Waals surface area contributed by atoms with Gasteiger partial charge in [-0.15, -0.1) is 11.6 Å². The van der Waals surface area contributed by atoms with Crippen molar-refractivity contribution in [2.75, 3.05) is 38.9 Å². The number of carbonyl (C=O) groups is 5. The summed E-state index contributed by atoms with van der Waals surface area (Å²) in [4.78, 5) is 66.6. The zero-order valence-corrected chi connectivity index (χ0v) is 29.0. The van der Waals surface area contributed by atoms with Crippen LogP contribution in [0.3, 0.4) is 0 Å². The number of alkyl halides is 1. The average Bonchev–Trinajstić information content (AvgIpc) is 3.37. The minimum absolute atomic E-state index is 0.0184. The van der Waals surface area contributed by atoms with E-state index in [0.717, 1.165) is 37.0 Å². The number of ketones is 1. The molecule has 1 heterocycles. The van der Waals surface area contributed by atoms with E-state index >= 15 is 0 Å². The van der Waals surface area contributed by atoms with E-state index in [1.165, 1.54) is 0 Å². The lowest BCUT2D eigenvalue weighted by molar-refractivity contribution is -0.151. The summed E-state index contributed by atoms with van der Waals surface area (Å²) in [5.41, 5.74) is 0.841. The first-order chi connectivity index (χ1) is 23.7. The number of unbranched alkanes of at least 4 members (excludes halogenated alkanes) is 4. The van der Waals surface area contributed by atoms with Crippen LogP contribution in [0.2, 0.25) is 0 Å². The van der Waals surface area contributed by atoms with Gasteiger partial charge in [0.15, 0.2) is 5.78 Å². The van der Waals surface area contributed by atoms with Crippen LogP contribution in [0.1, 0.15) is 75.1 Å². The summed E-state index contributed by atoms with van der Waals surface area (Å²) in [6.45, 7) is 3.05. The van der Waals surface area contributed by atoms with Gasteiger partial charge in [-0.25, -0.2) is 9.69 Å². The lowest BCUT2D eigenvalue weighted by atomic mass is 9.95. The maximum Gasteiger partial charge on any atom is 0.327 e. The van der Waals surface area contributed by atoms with Crippen molar-refractivity contribution in [2.45, 2.75) is 88.5 Å². The fourth-order valence-electron chi connectivity index (χ4n) is 5.36. The van der Waals surface area contributed by atoms with E-state index in [-0.39, 0.29) is 31.6 Å². The van der Waals surface area contributed by atoms with Gasteiger partial charge in [-0.3, -0.25) is 19.2 Å². The summed E-state index contributed by atoms with van der Waals surface area (Å²) in [6.07, 6.45) is 3.47. The molecule has 1 aliphatic rings. The predicted molar refractivity (Wildman–Crippen MR) is 184 cm³/mol. The molecule has 4 atom stereocenters. The van der Waals surface area contributed by atoms with E-state index in [2.05, 4.69) is 17.6 Å². The summed E-state index contributed by atoms with van der Waals surface area (Å²) >= 11 is 6.91. The second-order valence-electron chi connectivity index (χ2n) is 11.7. The minimum Gasteiger partial charge on any atom is -0.462 e. The molecule has 268 valence electrons. The molecular formula is C36H48ClN3O9. The van der Waals surface area contributed by atoms with Gasteiger partial charge in [-0.05, 0) is 37.8 Å². The highest BCUT2D eigenvalue weighted by molar-refractivity contribution is 6.25. The number of halogens is 1. The van der Waals surface area contributed by atoms with Crippen LogP contribution in [0.25, 0.3) is 0 Å². The summed E-state index contributed by atoms with van der Waals surface area (Å²) in [5, 5.41) is 4.14. The molecule has 1 saturated heterocycles. The van der Waals surface area contributed by atoms with Crippen LogP contribution in [-0.4, -0.2) is 91.8 Å². The van der Waals surface area contributed by atoms with Crippen molar-refractivity contribution in [3.8, 4) is 0 Å². The first kappa shape index (κ1) is 39.6. The molecule has 0 aliphatic carbocycles. The van der Waals surface area contributed by atoms with E-state index in [0.29, 0.717) is 25.3 Å². The Morgan fingerprint density at radius 1 is 0.878 bits per heavy atom. The monoisotopic (exact) mass is 701 g/mol. The molecule has 2 aromatic rings. The first-order valence-corrected chi connectivity index (χ1v) is 17.3. The zero-order chi connectivity index (χ0) is 35.4. The van der Waals surface area contributed by atoms with E-state index in [1.54, 1.807) is 61.7 Å². The first-order valence-electron chi connectivity index (χ1n) is 16.8. The van der Waals surface area contributed by atoms with E-state index in [9.17, 15) is 24.0 Å². The largest absolute Gasteiger partial charge is 0.462 e. The predicted octanol–water partition coefficient (Wildman–Crippen LogP) is 5.48. The van der Waals surface area contributed by atoms with Gasteiger partial charge >= 0.3 is 12.0 Å². The standard InChI is InChI=1S/C36H48ClN3O9/c1-3-4-5-6-13-18-28(49-31(42)25-30(41)38-27-16-11-8-12-17-27)19-20-29(37)32(33(43)26-14-9-7-10-15-26)40-35(44)34(39-36(40)45)48-24-23-47-22-21-46-2/h7-12,14-17,28-29,32,34H,3-6,13,18-25H2,1-2H3,(H,38,41)(H,39,45). The summed E-state index contributed by atoms with van der Waals surface area (Å²) < 4.78 is 21.6. The number of imide groups is 1. The maximum atomic E-state index is 13.8. The van der Waals surface area contributed by atoms with Crippen molar-refractivity contribution in [3.05, 3.63) is 66.2 Å². The van der Waals surface area contributed by atoms with Gasteiger partial charge < -0.3 is 29.6 Å². The van der Waals surface area contributed by atoms with Gasteiger partial charge in [0.05, 0.1) is 31.8 Å². The second kappa shape index (κ2) is 22.0. The van der Waals surface area contributed by atoms with Crippen LogP contribution in [0.4, 0.5) is 10.5 Å². The van der Waals surface area contributed by atoms with Crippen LogP contribution in [0.5, 0.6) is 0 Å². The topological polar surface area (TPSA) is 150 Å². The Kier molecular flexibility index (Phi) is 17.8. The number of ether oxygens (including phenoxy) is 4. The molecule has 1 aliphatic heterocycles. The van der Waals surface area contributed by atoms with Crippen molar-refractivity contribution in [2.24, 2.45) is 0 Å². The Labute approximate surface area is 293 Å². The van der Waals surface area contributed by atoms with E-state index in [4.69, 9.17) is 30.5 Å². The number of Topliss-reactive ketones (excluding diaryl/α,β-unsaturated/α-hetero) is 1. The Bertz CT molecular complexity index is 1330. The fraction of sp³-hybridized carbons (Fsp3) is 0.528. The van der Waals surface area contributed by atoms with Gasteiger partial charge in [-0.1, -0.05) is 81.1 Å².